The second kappa shape index (κ2) is 4.54. The second-order valence-electron chi connectivity index (χ2n) is 5.95. The van der Waals surface area contributed by atoms with E-state index in [0.29, 0.717) is 0 Å². The molecule has 0 radical (unpaired) electrons. The van der Waals surface area contributed by atoms with Crippen LogP contribution in [0.4, 0.5) is 0 Å². The highest BCUT2D eigenvalue weighted by atomic mass is 16.6. The molecule has 1 saturated heterocycles. The largest absolute Gasteiger partial charge is 0.462 e. The molecule has 0 aromatic rings. The van der Waals surface area contributed by atoms with E-state index < -0.39 is 0 Å². The van der Waals surface area contributed by atoms with Crippen molar-refractivity contribution < 1.29 is 14.6 Å². The number of aliphatic hydroxyl groups excluding tert-OH is 1. The summed E-state index contributed by atoms with van der Waals surface area (Å²) in [5.74, 6) is 0.294. The van der Waals surface area contributed by atoms with Crippen molar-refractivity contribution in [1.29, 1.82) is 0 Å². The zero-order valence-corrected chi connectivity index (χ0v) is 11.2. The van der Waals surface area contributed by atoms with Crippen LogP contribution in [0.1, 0.15) is 26.7 Å². The molecule has 2 rings (SSSR count). The van der Waals surface area contributed by atoms with E-state index in [4.69, 9.17) is 4.74 Å². The molecule has 1 aliphatic heterocycles. The number of hydrogen-bond acceptors (Lipinski definition) is 3. The summed E-state index contributed by atoms with van der Waals surface area (Å²) >= 11 is 0. The number of hydrogen-bond donors (Lipinski definition) is 1. The molecule has 3 heteroatoms. The van der Waals surface area contributed by atoms with Gasteiger partial charge in [0, 0.05) is 5.92 Å². The van der Waals surface area contributed by atoms with Gasteiger partial charge in [-0.15, -0.1) is 6.58 Å². The number of fused-ring (bicyclic) bond motifs is 1. The van der Waals surface area contributed by atoms with E-state index in [2.05, 4.69) is 20.1 Å². The van der Waals surface area contributed by atoms with Gasteiger partial charge in [0.2, 0.25) is 0 Å². The molecule has 100 valence electrons. The van der Waals surface area contributed by atoms with Crippen molar-refractivity contribution in [2.75, 3.05) is 6.61 Å². The lowest BCUT2D eigenvalue weighted by Crippen LogP contribution is -2.41. The molecular weight excluding hydrogens is 228 g/mol. The fraction of sp³-hybridized carbons (Fsp3) is 0.667. The second-order valence-corrected chi connectivity index (χ2v) is 5.95. The average Bonchev–Trinajstić information content (AvgIpc) is 2.62. The Morgan fingerprint density at radius 3 is 2.89 bits per heavy atom. The number of esters is 1. The molecule has 1 heterocycles. The van der Waals surface area contributed by atoms with E-state index in [-0.39, 0.29) is 41.8 Å². The number of carbonyl (C=O) groups excluding carboxylic acids is 1. The minimum Gasteiger partial charge on any atom is -0.462 e. The lowest BCUT2D eigenvalue weighted by molar-refractivity contribution is -0.145. The highest BCUT2D eigenvalue weighted by molar-refractivity contribution is 5.75. The smallest absolute Gasteiger partial charge is 0.309 e. The number of carbonyl (C=O) groups is 1. The van der Waals surface area contributed by atoms with E-state index in [9.17, 15) is 9.90 Å². The van der Waals surface area contributed by atoms with Crippen molar-refractivity contribution >= 4 is 5.97 Å². The third-order valence-corrected chi connectivity index (χ3v) is 4.87. The van der Waals surface area contributed by atoms with Crippen LogP contribution in [0.3, 0.4) is 0 Å². The molecule has 2 fully saturated rings. The van der Waals surface area contributed by atoms with Gasteiger partial charge in [0.1, 0.15) is 6.10 Å². The Morgan fingerprint density at radius 1 is 1.67 bits per heavy atom. The normalized spacial score (nSPS) is 43.2. The summed E-state index contributed by atoms with van der Waals surface area (Å²) in [7, 11) is 0. The Bertz CT molecular complexity index is 387. The molecule has 0 spiro atoms. The Hall–Kier alpha value is -1.09. The lowest BCUT2D eigenvalue weighted by atomic mass is 9.60. The zero-order valence-electron chi connectivity index (χ0n) is 11.2. The monoisotopic (exact) mass is 250 g/mol. The van der Waals surface area contributed by atoms with Gasteiger partial charge in [-0.05, 0) is 29.7 Å². The average molecular weight is 250 g/mol. The van der Waals surface area contributed by atoms with Gasteiger partial charge in [-0.2, -0.15) is 0 Å². The molecule has 5 atom stereocenters. The Labute approximate surface area is 109 Å². The first kappa shape index (κ1) is 13.3. The van der Waals surface area contributed by atoms with Crippen molar-refractivity contribution in [3.8, 4) is 0 Å². The minimum atomic E-state index is -0.147. The van der Waals surface area contributed by atoms with Crippen LogP contribution in [0.15, 0.2) is 24.8 Å². The summed E-state index contributed by atoms with van der Waals surface area (Å²) in [6, 6.07) is 0. The molecule has 0 amide bonds. The molecule has 2 aliphatic rings. The molecule has 1 N–H and O–H groups in total. The fourth-order valence-corrected chi connectivity index (χ4v) is 3.48. The van der Waals surface area contributed by atoms with E-state index in [0.717, 1.165) is 18.4 Å². The summed E-state index contributed by atoms with van der Waals surface area (Å²) in [5.41, 5.74) is 0.688. The standard InChI is InChI=1S/C15H22O3/c1-5-15(4)7-13-11(10(3)14(17)18-13)6-12(15)9(2)8-16/h5,10-13,16H,1-2,6-8H2,3-4H3. The molecular formula is C15H22O3. The molecule has 0 aromatic carbocycles. The molecule has 3 nitrogen and oxygen atoms in total. The maximum Gasteiger partial charge on any atom is 0.309 e. The van der Waals surface area contributed by atoms with Gasteiger partial charge < -0.3 is 9.84 Å². The SMILES string of the molecule is C=CC1(C)CC2OC(=O)C(C)C2CC1C(=C)CO. The van der Waals surface area contributed by atoms with Gasteiger partial charge in [-0.25, -0.2) is 0 Å². The van der Waals surface area contributed by atoms with Gasteiger partial charge in [-0.3, -0.25) is 4.79 Å². The Morgan fingerprint density at radius 2 is 2.33 bits per heavy atom. The van der Waals surface area contributed by atoms with E-state index in [1.54, 1.807) is 0 Å². The van der Waals surface area contributed by atoms with Gasteiger partial charge in [0.15, 0.2) is 0 Å². The van der Waals surface area contributed by atoms with E-state index in [1.807, 2.05) is 13.0 Å². The van der Waals surface area contributed by atoms with Gasteiger partial charge in [-0.1, -0.05) is 26.5 Å². The summed E-state index contributed by atoms with van der Waals surface area (Å²) in [6.07, 6.45) is 3.55. The van der Waals surface area contributed by atoms with Crippen LogP contribution in [0.5, 0.6) is 0 Å². The number of rotatable bonds is 3. The van der Waals surface area contributed by atoms with Gasteiger partial charge >= 0.3 is 5.97 Å². The van der Waals surface area contributed by atoms with Crippen molar-refractivity contribution in [2.45, 2.75) is 32.8 Å². The summed E-state index contributed by atoms with van der Waals surface area (Å²) < 4.78 is 5.46. The van der Waals surface area contributed by atoms with Crippen molar-refractivity contribution in [3.63, 3.8) is 0 Å². The van der Waals surface area contributed by atoms with Gasteiger partial charge in [0.05, 0.1) is 12.5 Å². The maximum atomic E-state index is 11.7. The van der Waals surface area contributed by atoms with Crippen LogP contribution in [-0.4, -0.2) is 23.8 Å². The fourth-order valence-electron chi connectivity index (χ4n) is 3.48. The Balaban J connectivity index is 2.28. The van der Waals surface area contributed by atoms with E-state index >= 15 is 0 Å². The Kier molecular flexibility index (Phi) is 3.37. The highest BCUT2D eigenvalue weighted by Gasteiger charge is 2.52. The first-order valence-corrected chi connectivity index (χ1v) is 6.55. The molecule has 0 aromatic heterocycles. The minimum absolute atomic E-state index is 0.00163. The van der Waals surface area contributed by atoms with Crippen molar-refractivity contribution in [2.24, 2.45) is 23.2 Å². The first-order chi connectivity index (χ1) is 8.42. The number of allylic oxidation sites excluding steroid dienone is 1. The predicted octanol–water partition coefficient (Wildman–Crippen LogP) is 2.31. The highest BCUT2D eigenvalue weighted by Crippen LogP contribution is 2.52. The lowest BCUT2D eigenvalue weighted by Gasteiger charge is -2.45. The van der Waals surface area contributed by atoms with Crippen LogP contribution in [-0.2, 0) is 9.53 Å². The van der Waals surface area contributed by atoms with Gasteiger partial charge in [0.25, 0.3) is 0 Å². The predicted molar refractivity (Wildman–Crippen MR) is 69.8 cm³/mol. The van der Waals surface area contributed by atoms with E-state index in [1.165, 1.54) is 0 Å². The van der Waals surface area contributed by atoms with Crippen LogP contribution in [0, 0.1) is 23.2 Å². The van der Waals surface area contributed by atoms with Crippen molar-refractivity contribution in [3.05, 3.63) is 24.8 Å². The molecule has 5 unspecified atom stereocenters. The quantitative estimate of drug-likeness (QED) is 0.617. The summed E-state index contributed by atoms with van der Waals surface area (Å²) in [4.78, 5) is 11.7. The first-order valence-electron chi connectivity index (χ1n) is 6.55. The van der Waals surface area contributed by atoms with Crippen LogP contribution < -0.4 is 0 Å². The topological polar surface area (TPSA) is 46.5 Å². The van der Waals surface area contributed by atoms with Crippen molar-refractivity contribution in [1.82, 2.24) is 0 Å². The number of aliphatic hydroxyl groups is 1. The third kappa shape index (κ3) is 1.91. The van der Waals surface area contributed by atoms with Crippen LogP contribution in [0.25, 0.3) is 0 Å². The zero-order chi connectivity index (χ0) is 13.5. The van der Waals surface area contributed by atoms with Crippen LogP contribution in [0.2, 0.25) is 0 Å². The molecule has 1 aliphatic carbocycles. The molecule has 1 saturated carbocycles. The molecule has 18 heavy (non-hydrogen) atoms. The summed E-state index contributed by atoms with van der Waals surface area (Å²) in [6.45, 7) is 11.9. The molecule has 0 bridgehead atoms. The summed E-state index contributed by atoms with van der Waals surface area (Å²) in [5, 5.41) is 9.34. The van der Waals surface area contributed by atoms with Crippen LogP contribution >= 0.6 is 0 Å². The number of ether oxygens (including phenoxy) is 1. The maximum absolute atomic E-state index is 11.7. The third-order valence-electron chi connectivity index (χ3n) is 4.87.